The quantitative estimate of drug-likeness (QED) is 0.470. The summed E-state index contributed by atoms with van der Waals surface area (Å²) >= 11 is 6.14. The number of fused-ring (bicyclic) bond motifs is 1. The number of aromatic nitrogens is 6. The van der Waals surface area contributed by atoms with Crippen LogP contribution in [0.25, 0.3) is 11.2 Å². The summed E-state index contributed by atoms with van der Waals surface area (Å²) in [4.78, 5) is 31.2. The van der Waals surface area contributed by atoms with Crippen molar-refractivity contribution in [3.8, 4) is 11.6 Å². The molecule has 3 N–H and O–H groups in total. The Hall–Kier alpha value is -3.99. The fraction of sp³-hybridized carbons (Fsp3) is 0.111. The van der Waals surface area contributed by atoms with E-state index in [9.17, 15) is 4.79 Å². The number of benzene rings is 1. The minimum Gasteiger partial charge on any atom is -0.496 e. The standard InChI is InChI=1S/C18H15ClN8O3/c1-29-12-7-3-2-5-10(12)9-22-17(28)13-15(20)24-18(14(19)23-13)30-27-16-11(25-26-27)6-4-8-21-16/h2-8H,9H2,1H3,(H2,20,24)(H,22,28). The molecule has 0 saturated carbocycles. The first-order valence-electron chi connectivity index (χ1n) is 8.64. The summed E-state index contributed by atoms with van der Waals surface area (Å²) in [6.45, 7) is 0.205. The predicted octanol–water partition coefficient (Wildman–Crippen LogP) is 1.63. The number of rotatable bonds is 6. The fourth-order valence-electron chi connectivity index (χ4n) is 2.63. The Kier molecular flexibility index (Phi) is 5.26. The maximum absolute atomic E-state index is 12.5. The van der Waals surface area contributed by atoms with Crippen LogP contribution in [0.15, 0.2) is 42.6 Å². The van der Waals surface area contributed by atoms with Crippen LogP contribution < -0.4 is 20.6 Å². The molecule has 0 unspecified atom stereocenters. The van der Waals surface area contributed by atoms with E-state index in [1.54, 1.807) is 31.5 Å². The second kappa shape index (κ2) is 8.17. The lowest BCUT2D eigenvalue weighted by molar-refractivity contribution is 0.0946. The van der Waals surface area contributed by atoms with E-state index >= 15 is 0 Å². The van der Waals surface area contributed by atoms with E-state index in [2.05, 4.69) is 30.6 Å². The van der Waals surface area contributed by atoms with Gasteiger partial charge in [-0.3, -0.25) is 4.79 Å². The molecular weight excluding hydrogens is 412 g/mol. The van der Waals surface area contributed by atoms with Gasteiger partial charge in [-0.15, -0.1) is 5.10 Å². The third-order valence-electron chi connectivity index (χ3n) is 4.05. The normalized spacial score (nSPS) is 10.7. The van der Waals surface area contributed by atoms with Crippen molar-refractivity contribution in [2.75, 3.05) is 12.8 Å². The summed E-state index contributed by atoms with van der Waals surface area (Å²) in [5.41, 5.74) is 7.42. The maximum Gasteiger partial charge on any atom is 0.288 e. The molecular formula is C18H15ClN8O3. The Morgan fingerprint density at radius 3 is 2.90 bits per heavy atom. The second-order valence-electron chi connectivity index (χ2n) is 5.95. The van der Waals surface area contributed by atoms with Crippen molar-refractivity contribution in [1.29, 1.82) is 0 Å². The first-order valence-corrected chi connectivity index (χ1v) is 9.02. The summed E-state index contributed by atoms with van der Waals surface area (Å²) < 4.78 is 5.26. The van der Waals surface area contributed by atoms with Crippen molar-refractivity contribution in [3.05, 3.63) is 59.0 Å². The number of halogens is 1. The van der Waals surface area contributed by atoms with Crippen molar-refractivity contribution < 1.29 is 14.4 Å². The zero-order chi connectivity index (χ0) is 21.1. The smallest absolute Gasteiger partial charge is 0.288 e. The van der Waals surface area contributed by atoms with Crippen LogP contribution in [0.5, 0.6) is 11.6 Å². The summed E-state index contributed by atoms with van der Waals surface area (Å²) in [5.74, 6) is -0.211. The third-order valence-corrected chi connectivity index (χ3v) is 4.30. The molecule has 0 fully saturated rings. The molecule has 3 heterocycles. The molecule has 1 aromatic carbocycles. The van der Waals surface area contributed by atoms with Gasteiger partial charge in [0.05, 0.1) is 7.11 Å². The second-order valence-corrected chi connectivity index (χ2v) is 6.31. The van der Waals surface area contributed by atoms with E-state index in [1.807, 2.05) is 18.2 Å². The molecule has 152 valence electrons. The number of para-hydroxylation sites is 1. The molecule has 0 aliphatic rings. The molecule has 12 heteroatoms. The van der Waals surface area contributed by atoms with Crippen LogP contribution in [0.1, 0.15) is 16.1 Å². The van der Waals surface area contributed by atoms with E-state index in [0.717, 1.165) is 10.4 Å². The average molecular weight is 427 g/mol. The van der Waals surface area contributed by atoms with Crippen LogP contribution in [-0.2, 0) is 6.54 Å². The molecule has 3 aromatic heterocycles. The maximum atomic E-state index is 12.5. The Balaban J connectivity index is 1.53. The number of hydrogen-bond acceptors (Lipinski definition) is 9. The van der Waals surface area contributed by atoms with Crippen LogP contribution in [0.4, 0.5) is 5.82 Å². The van der Waals surface area contributed by atoms with Gasteiger partial charge in [0, 0.05) is 18.3 Å². The van der Waals surface area contributed by atoms with Crippen molar-refractivity contribution in [1.82, 2.24) is 35.4 Å². The van der Waals surface area contributed by atoms with Crippen LogP contribution >= 0.6 is 11.6 Å². The molecule has 0 bridgehead atoms. The molecule has 4 rings (SSSR count). The third kappa shape index (κ3) is 3.78. The fourth-order valence-corrected chi connectivity index (χ4v) is 2.79. The molecule has 4 aromatic rings. The first kappa shape index (κ1) is 19.3. The first-order chi connectivity index (χ1) is 14.6. The molecule has 0 radical (unpaired) electrons. The highest BCUT2D eigenvalue weighted by atomic mass is 35.5. The average Bonchev–Trinajstić information content (AvgIpc) is 3.17. The number of anilines is 1. The molecule has 30 heavy (non-hydrogen) atoms. The minimum atomic E-state index is -0.549. The van der Waals surface area contributed by atoms with Gasteiger partial charge in [-0.2, -0.15) is 4.98 Å². The Bertz CT molecular complexity index is 1230. The molecule has 0 aliphatic carbocycles. The predicted molar refractivity (Wildman–Crippen MR) is 107 cm³/mol. The Morgan fingerprint density at radius 2 is 2.07 bits per heavy atom. The van der Waals surface area contributed by atoms with Gasteiger partial charge in [-0.25, -0.2) is 9.97 Å². The molecule has 11 nitrogen and oxygen atoms in total. The zero-order valence-corrected chi connectivity index (χ0v) is 16.4. The number of methoxy groups -OCH3 is 1. The van der Waals surface area contributed by atoms with Gasteiger partial charge in [-0.1, -0.05) is 34.6 Å². The number of pyridine rings is 1. The number of nitrogens with zero attached hydrogens (tertiary/aromatic N) is 6. The lowest BCUT2D eigenvalue weighted by Crippen LogP contribution is -2.26. The Labute approximate surface area is 174 Å². The van der Waals surface area contributed by atoms with Crippen molar-refractivity contribution in [3.63, 3.8) is 0 Å². The zero-order valence-electron chi connectivity index (χ0n) is 15.6. The van der Waals surface area contributed by atoms with Crippen LogP contribution in [0.3, 0.4) is 0 Å². The number of hydrogen-bond donors (Lipinski definition) is 2. The van der Waals surface area contributed by atoms with E-state index in [0.29, 0.717) is 16.9 Å². The van der Waals surface area contributed by atoms with E-state index in [1.165, 1.54) is 0 Å². The van der Waals surface area contributed by atoms with Gasteiger partial charge >= 0.3 is 0 Å². The monoisotopic (exact) mass is 426 g/mol. The highest BCUT2D eigenvalue weighted by Gasteiger charge is 2.20. The molecule has 0 spiro atoms. The number of nitrogen functional groups attached to an aromatic ring is 1. The van der Waals surface area contributed by atoms with E-state index < -0.39 is 5.91 Å². The minimum absolute atomic E-state index is 0.135. The summed E-state index contributed by atoms with van der Waals surface area (Å²) in [7, 11) is 1.55. The van der Waals surface area contributed by atoms with E-state index in [-0.39, 0.29) is 29.1 Å². The van der Waals surface area contributed by atoms with Crippen LogP contribution in [-0.4, -0.2) is 43.1 Å². The number of carbonyl (C=O) groups excluding carboxylic acids is 1. The summed E-state index contributed by atoms with van der Waals surface area (Å²) in [6.07, 6.45) is 1.56. The molecule has 0 aliphatic heterocycles. The lowest BCUT2D eigenvalue weighted by atomic mass is 10.2. The lowest BCUT2D eigenvalue weighted by Gasteiger charge is -2.11. The summed E-state index contributed by atoms with van der Waals surface area (Å²) in [5, 5.41) is 10.3. The van der Waals surface area contributed by atoms with Crippen molar-refractivity contribution >= 4 is 34.5 Å². The van der Waals surface area contributed by atoms with E-state index in [4.69, 9.17) is 26.9 Å². The van der Waals surface area contributed by atoms with Gasteiger partial charge in [0.15, 0.2) is 16.7 Å². The highest BCUT2D eigenvalue weighted by molar-refractivity contribution is 6.30. The van der Waals surface area contributed by atoms with Gasteiger partial charge < -0.3 is 20.6 Å². The van der Waals surface area contributed by atoms with Gasteiger partial charge in [-0.05, 0) is 23.4 Å². The highest BCUT2D eigenvalue weighted by Crippen LogP contribution is 2.24. The molecule has 1 amide bonds. The molecule has 0 atom stereocenters. The van der Waals surface area contributed by atoms with Gasteiger partial charge in [0.1, 0.15) is 11.3 Å². The largest absolute Gasteiger partial charge is 0.496 e. The Morgan fingerprint density at radius 1 is 1.23 bits per heavy atom. The number of carbonyl (C=O) groups is 1. The SMILES string of the molecule is COc1ccccc1CNC(=O)c1nc(Cl)c(On2nnc3cccnc32)nc1N. The van der Waals surface area contributed by atoms with Gasteiger partial charge in [0.2, 0.25) is 5.65 Å². The number of nitrogens with one attached hydrogen (secondary N) is 1. The number of amides is 1. The van der Waals surface area contributed by atoms with Crippen molar-refractivity contribution in [2.45, 2.75) is 6.54 Å². The molecule has 0 saturated heterocycles. The number of ether oxygens (including phenoxy) is 1. The van der Waals surface area contributed by atoms with Crippen LogP contribution in [0, 0.1) is 0 Å². The number of nitrogens with two attached hydrogens (primary N) is 1. The summed E-state index contributed by atoms with van der Waals surface area (Å²) in [6, 6.07) is 10.7. The van der Waals surface area contributed by atoms with Crippen molar-refractivity contribution in [2.24, 2.45) is 0 Å². The topological polar surface area (TPSA) is 143 Å². The van der Waals surface area contributed by atoms with Gasteiger partial charge in [0.25, 0.3) is 11.8 Å². The van der Waals surface area contributed by atoms with Crippen LogP contribution in [0.2, 0.25) is 5.15 Å².